The second kappa shape index (κ2) is 10.8. The molecule has 4 atom stereocenters. The molecule has 4 heterocycles. The summed E-state index contributed by atoms with van der Waals surface area (Å²) in [6.07, 6.45) is 7.45. The molecule has 3 fully saturated rings. The minimum Gasteiger partial charge on any atom is -0.508 e. The van der Waals surface area contributed by atoms with Crippen LogP contribution < -0.4 is 10.5 Å². The van der Waals surface area contributed by atoms with Gasteiger partial charge in [-0.2, -0.15) is 9.97 Å². The summed E-state index contributed by atoms with van der Waals surface area (Å²) < 4.78 is 81.5. The number of nitrogens with zero attached hydrogens (tertiary/aromatic N) is 4. The van der Waals surface area contributed by atoms with Crippen molar-refractivity contribution < 1.29 is 31.8 Å². The topological polar surface area (TPSA) is 97.4 Å². The molecular formula is C33H30F5N5O2. The Kier molecular flexibility index (Phi) is 7.09. The Labute approximate surface area is 255 Å². The van der Waals surface area contributed by atoms with Crippen LogP contribution in [0.2, 0.25) is 0 Å². The van der Waals surface area contributed by atoms with Crippen LogP contribution in [0.3, 0.4) is 0 Å². The molecule has 234 valence electrons. The van der Waals surface area contributed by atoms with Crippen molar-refractivity contribution in [2.45, 2.75) is 68.1 Å². The summed E-state index contributed by atoms with van der Waals surface area (Å²) in [7, 11) is 0. The molecule has 1 unspecified atom stereocenters. The molecule has 2 aliphatic heterocycles. The highest BCUT2D eigenvalue weighted by molar-refractivity contribution is 6.02. The van der Waals surface area contributed by atoms with E-state index in [1.165, 1.54) is 24.4 Å². The molecule has 1 aliphatic carbocycles. The molecule has 2 aromatic carbocycles. The quantitative estimate of drug-likeness (QED) is 0.208. The van der Waals surface area contributed by atoms with E-state index in [9.17, 15) is 22.7 Å². The van der Waals surface area contributed by atoms with Gasteiger partial charge in [-0.05, 0) is 55.8 Å². The van der Waals surface area contributed by atoms with Crippen LogP contribution in [0.15, 0.2) is 30.5 Å². The molecule has 3 aliphatic rings. The zero-order valence-electron chi connectivity index (χ0n) is 24.2. The van der Waals surface area contributed by atoms with Crippen molar-refractivity contribution in [1.29, 1.82) is 0 Å². The number of hydrogen-bond donors (Lipinski definition) is 2. The number of aromatic nitrogens is 3. The fraction of sp³-hybridized carbons (Fsp3) is 0.424. The number of rotatable bonds is 5. The van der Waals surface area contributed by atoms with Gasteiger partial charge in [-0.1, -0.05) is 12.0 Å². The predicted octanol–water partition coefficient (Wildman–Crippen LogP) is 6.00. The number of terminal acetylenes is 1. The Morgan fingerprint density at radius 3 is 2.76 bits per heavy atom. The van der Waals surface area contributed by atoms with Gasteiger partial charge >= 0.3 is 6.01 Å². The third-order valence-electron chi connectivity index (χ3n) is 9.65. The molecule has 0 radical (unpaired) electrons. The predicted molar refractivity (Wildman–Crippen MR) is 158 cm³/mol. The molecule has 2 saturated heterocycles. The summed E-state index contributed by atoms with van der Waals surface area (Å²) in [5.74, 6) is -3.57. The lowest BCUT2D eigenvalue weighted by Gasteiger charge is -2.34. The van der Waals surface area contributed by atoms with Gasteiger partial charge < -0.3 is 15.6 Å². The number of phenolic OH excluding ortho intramolecular Hbond substituents is 1. The van der Waals surface area contributed by atoms with Crippen molar-refractivity contribution in [3.05, 3.63) is 53.4 Å². The number of phenols is 1. The average molecular weight is 624 g/mol. The average Bonchev–Trinajstić information content (AvgIpc) is 3.53. The minimum atomic E-state index is -3.17. The van der Waals surface area contributed by atoms with Crippen molar-refractivity contribution in [3.8, 4) is 35.4 Å². The summed E-state index contributed by atoms with van der Waals surface area (Å²) >= 11 is 0. The zero-order chi connectivity index (χ0) is 31.7. The van der Waals surface area contributed by atoms with Gasteiger partial charge in [0.1, 0.15) is 35.6 Å². The number of alkyl halides is 3. The first-order valence-corrected chi connectivity index (χ1v) is 14.9. The van der Waals surface area contributed by atoms with Crippen LogP contribution in [0.25, 0.3) is 32.9 Å². The number of hydrogen-bond acceptors (Lipinski definition) is 7. The molecule has 1 saturated carbocycles. The molecule has 0 spiro atoms. The van der Waals surface area contributed by atoms with E-state index < -0.39 is 47.6 Å². The molecule has 0 amide bonds. The fourth-order valence-electron chi connectivity index (χ4n) is 7.43. The standard InChI is InChI=1S/C33H30F5N5O2/c1-2-21-24(35)6-4-17-10-20(44)11-22(26(17)21)29-27(36)30-23(14-40-29)28(18-5-7-25(39)33(37,38)12-18)41-31(42-30)45-16-32-8-3-9-43(32)15-19(34)13-32/h1,4,6,10-11,14,18-19,25,44H,3,5,7-9,12-13,15-16,39H2/t18?,19-,25+,32+/m1/s1. The highest BCUT2D eigenvalue weighted by Crippen LogP contribution is 2.45. The lowest BCUT2D eigenvalue weighted by molar-refractivity contribution is -0.0585. The van der Waals surface area contributed by atoms with E-state index in [0.717, 1.165) is 19.0 Å². The van der Waals surface area contributed by atoms with Crippen LogP contribution >= 0.6 is 0 Å². The smallest absolute Gasteiger partial charge is 0.317 e. The van der Waals surface area contributed by atoms with Crippen molar-refractivity contribution in [1.82, 2.24) is 19.9 Å². The molecule has 3 N–H and O–H groups in total. The number of halogens is 5. The fourth-order valence-corrected chi connectivity index (χ4v) is 7.43. The number of ether oxygens (including phenoxy) is 1. The second-order valence-electron chi connectivity index (χ2n) is 12.4. The summed E-state index contributed by atoms with van der Waals surface area (Å²) in [6, 6.07) is 3.61. The number of benzene rings is 2. The van der Waals surface area contributed by atoms with E-state index in [1.807, 2.05) is 4.90 Å². The molecule has 4 aromatic rings. The molecule has 2 aromatic heterocycles. The van der Waals surface area contributed by atoms with Crippen LogP contribution in [0.1, 0.15) is 55.7 Å². The number of nitrogens with two attached hydrogens (primary N) is 1. The van der Waals surface area contributed by atoms with Gasteiger partial charge in [-0.15, -0.1) is 6.42 Å². The minimum absolute atomic E-state index is 0.0232. The highest BCUT2D eigenvalue weighted by Gasteiger charge is 2.49. The zero-order valence-corrected chi connectivity index (χ0v) is 24.2. The van der Waals surface area contributed by atoms with Crippen molar-refractivity contribution in [2.75, 3.05) is 19.7 Å². The SMILES string of the molecule is C#Cc1c(F)ccc2cc(O)cc(-c3ncc4c(C5CC[C@H](N)C(F)(F)C5)nc(OC[C@@]56CCCN5C[C@H](F)C6)nc4c3F)c12. The molecule has 0 bridgehead atoms. The lowest BCUT2D eigenvalue weighted by Crippen LogP contribution is -2.45. The normalized spacial score (nSPS) is 26.3. The highest BCUT2D eigenvalue weighted by atomic mass is 19.3. The Morgan fingerprint density at radius 1 is 1.16 bits per heavy atom. The van der Waals surface area contributed by atoms with E-state index in [2.05, 4.69) is 20.9 Å². The first-order chi connectivity index (χ1) is 21.5. The maximum absolute atomic E-state index is 16.6. The summed E-state index contributed by atoms with van der Waals surface area (Å²) in [4.78, 5) is 15.2. The van der Waals surface area contributed by atoms with Crippen LogP contribution in [-0.2, 0) is 0 Å². The number of fused-ring (bicyclic) bond motifs is 3. The monoisotopic (exact) mass is 623 g/mol. The first-order valence-electron chi connectivity index (χ1n) is 14.9. The van der Waals surface area contributed by atoms with E-state index in [1.54, 1.807) is 0 Å². The lowest BCUT2D eigenvalue weighted by atomic mass is 9.81. The van der Waals surface area contributed by atoms with Gasteiger partial charge in [0.25, 0.3) is 5.92 Å². The van der Waals surface area contributed by atoms with Crippen molar-refractivity contribution in [3.63, 3.8) is 0 Å². The van der Waals surface area contributed by atoms with Gasteiger partial charge in [0.15, 0.2) is 5.82 Å². The van der Waals surface area contributed by atoms with Gasteiger partial charge in [-0.3, -0.25) is 9.88 Å². The Hall–Kier alpha value is -4.08. The van der Waals surface area contributed by atoms with Crippen LogP contribution in [-0.4, -0.2) is 68.3 Å². The van der Waals surface area contributed by atoms with E-state index in [0.29, 0.717) is 18.4 Å². The van der Waals surface area contributed by atoms with E-state index in [4.69, 9.17) is 16.9 Å². The van der Waals surface area contributed by atoms with Crippen LogP contribution in [0.4, 0.5) is 22.0 Å². The third kappa shape index (κ3) is 4.93. The van der Waals surface area contributed by atoms with Gasteiger partial charge in [0.2, 0.25) is 0 Å². The Bertz CT molecular complexity index is 1880. The van der Waals surface area contributed by atoms with Gasteiger partial charge in [-0.25, -0.2) is 22.0 Å². The summed E-state index contributed by atoms with van der Waals surface area (Å²) in [5.41, 5.74) is 4.64. The Balaban J connectivity index is 1.39. The van der Waals surface area contributed by atoms with Gasteiger partial charge in [0, 0.05) is 47.8 Å². The van der Waals surface area contributed by atoms with Crippen molar-refractivity contribution >= 4 is 21.7 Å². The largest absolute Gasteiger partial charge is 0.508 e. The van der Waals surface area contributed by atoms with Crippen LogP contribution in [0.5, 0.6) is 11.8 Å². The molecule has 7 rings (SSSR count). The summed E-state index contributed by atoms with van der Waals surface area (Å²) in [6.45, 7) is 1.07. The van der Waals surface area contributed by atoms with E-state index >= 15 is 4.39 Å². The molecule has 12 heteroatoms. The molecular weight excluding hydrogens is 593 g/mol. The maximum Gasteiger partial charge on any atom is 0.317 e. The van der Waals surface area contributed by atoms with Crippen LogP contribution in [0, 0.1) is 24.0 Å². The Morgan fingerprint density at radius 2 is 1.98 bits per heavy atom. The number of aromatic hydroxyl groups is 1. The van der Waals surface area contributed by atoms with E-state index in [-0.39, 0.29) is 76.4 Å². The molecule has 7 nitrogen and oxygen atoms in total. The number of pyridine rings is 1. The second-order valence-corrected chi connectivity index (χ2v) is 12.4. The maximum atomic E-state index is 16.6. The first kappa shape index (κ1) is 29.6. The molecule has 45 heavy (non-hydrogen) atoms. The summed E-state index contributed by atoms with van der Waals surface area (Å²) in [5, 5.41) is 11.1. The third-order valence-corrected chi connectivity index (χ3v) is 9.65. The van der Waals surface area contributed by atoms with Gasteiger partial charge in [0.05, 0.1) is 22.8 Å². The van der Waals surface area contributed by atoms with Crippen molar-refractivity contribution in [2.24, 2.45) is 5.73 Å².